The Bertz CT molecular complexity index is 297. The Morgan fingerprint density at radius 1 is 1.25 bits per heavy atom. The normalized spacial score (nSPS) is 19.6. The number of rotatable bonds is 5. The van der Waals surface area contributed by atoms with Crippen LogP contribution in [0.3, 0.4) is 0 Å². The molecule has 0 aromatic heterocycles. The van der Waals surface area contributed by atoms with E-state index in [4.69, 9.17) is 0 Å². The average Bonchev–Trinajstić information content (AvgIpc) is 2.26. The average molecular weight is 312 g/mol. The summed E-state index contributed by atoms with van der Waals surface area (Å²) in [6.07, 6.45) is 5.63. The summed E-state index contributed by atoms with van der Waals surface area (Å²) >= 11 is 3.35. The number of sulfonamides is 1. The van der Waals surface area contributed by atoms with Crippen molar-refractivity contribution in [3.05, 3.63) is 0 Å². The first kappa shape index (κ1) is 14.5. The number of hydrogen-bond acceptors (Lipinski definition) is 2. The maximum absolute atomic E-state index is 12.2. The van der Waals surface area contributed by atoms with E-state index in [0.717, 1.165) is 31.0 Å². The molecule has 0 radical (unpaired) electrons. The predicted octanol–water partition coefficient (Wildman–Crippen LogP) is 2.75. The van der Waals surface area contributed by atoms with Crippen molar-refractivity contribution in [2.75, 3.05) is 11.9 Å². The molecule has 1 aliphatic rings. The Morgan fingerprint density at radius 2 is 1.81 bits per heavy atom. The number of halogens is 1. The van der Waals surface area contributed by atoms with E-state index in [9.17, 15) is 8.42 Å². The van der Waals surface area contributed by atoms with E-state index < -0.39 is 10.0 Å². The Balaban J connectivity index is 2.80. The summed E-state index contributed by atoms with van der Waals surface area (Å²) in [6, 6.07) is 0.235. The fourth-order valence-corrected chi connectivity index (χ4v) is 4.37. The van der Waals surface area contributed by atoms with Gasteiger partial charge in [0, 0.05) is 17.9 Å². The van der Waals surface area contributed by atoms with Crippen molar-refractivity contribution >= 4 is 26.0 Å². The molecule has 0 aliphatic heterocycles. The molecule has 0 saturated heterocycles. The lowest BCUT2D eigenvalue weighted by atomic mass is 9.95. The monoisotopic (exact) mass is 311 g/mol. The van der Waals surface area contributed by atoms with Gasteiger partial charge in [0.2, 0.25) is 10.0 Å². The minimum absolute atomic E-state index is 0.235. The topological polar surface area (TPSA) is 37.4 Å². The summed E-state index contributed by atoms with van der Waals surface area (Å²) in [5.74, 6) is 0. The van der Waals surface area contributed by atoms with Crippen LogP contribution in [0.15, 0.2) is 0 Å². The van der Waals surface area contributed by atoms with Gasteiger partial charge < -0.3 is 0 Å². The second-order valence-electron chi connectivity index (χ2n) is 4.69. The van der Waals surface area contributed by atoms with Gasteiger partial charge in [0.1, 0.15) is 0 Å². The second-order valence-corrected chi connectivity index (χ2v) is 7.92. The zero-order valence-corrected chi connectivity index (χ0v) is 12.6. The highest BCUT2D eigenvalue weighted by atomic mass is 79.9. The first-order valence-electron chi connectivity index (χ1n) is 6.06. The third-order valence-electron chi connectivity index (χ3n) is 3.21. The largest absolute Gasteiger partial charge is 0.216 e. The molecule has 0 spiro atoms. The van der Waals surface area contributed by atoms with Crippen LogP contribution in [0, 0.1) is 0 Å². The van der Waals surface area contributed by atoms with Crippen LogP contribution >= 0.6 is 15.9 Å². The third kappa shape index (κ3) is 3.44. The predicted molar refractivity (Wildman–Crippen MR) is 71.4 cm³/mol. The van der Waals surface area contributed by atoms with Crippen molar-refractivity contribution in [3.8, 4) is 0 Å². The maximum Gasteiger partial charge on any atom is 0.216 e. The Labute approximate surface area is 108 Å². The Morgan fingerprint density at radius 3 is 2.25 bits per heavy atom. The van der Waals surface area contributed by atoms with Gasteiger partial charge in [-0.05, 0) is 26.7 Å². The molecule has 0 heterocycles. The first-order valence-corrected chi connectivity index (χ1v) is 8.69. The Kier molecular flexibility index (Phi) is 5.74. The summed E-state index contributed by atoms with van der Waals surface area (Å²) < 4.78 is 26.2. The molecule has 0 amide bonds. The lowest BCUT2D eigenvalue weighted by Crippen LogP contribution is -2.45. The third-order valence-corrected chi connectivity index (χ3v) is 5.89. The van der Waals surface area contributed by atoms with Crippen molar-refractivity contribution in [1.82, 2.24) is 4.31 Å². The summed E-state index contributed by atoms with van der Waals surface area (Å²) in [5, 5.41) is 0.406. The molecular weight excluding hydrogens is 290 g/mol. The Hall–Kier alpha value is 0.390. The standard InChI is InChI=1S/C11H22BrNO2S/c1-10(2)16(14,15)13(9-8-12)11-6-4-3-5-7-11/h10-11H,3-9H2,1-2H3. The van der Waals surface area contributed by atoms with E-state index in [1.165, 1.54) is 6.42 Å². The van der Waals surface area contributed by atoms with Crippen LogP contribution in [-0.4, -0.2) is 35.9 Å². The lowest BCUT2D eigenvalue weighted by Gasteiger charge is -2.34. The van der Waals surface area contributed by atoms with Gasteiger partial charge in [-0.25, -0.2) is 8.42 Å². The van der Waals surface area contributed by atoms with Crippen LogP contribution in [0.1, 0.15) is 46.0 Å². The highest BCUT2D eigenvalue weighted by molar-refractivity contribution is 9.09. The lowest BCUT2D eigenvalue weighted by molar-refractivity contribution is 0.261. The van der Waals surface area contributed by atoms with E-state index in [2.05, 4.69) is 15.9 Å². The summed E-state index contributed by atoms with van der Waals surface area (Å²) in [6.45, 7) is 4.13. The van der Waals surface area contributed by atoms with Crippen LogP contribution in [-0.2, 0) is 10.0 Å². The van der Waals surface area contributed by atoms with Crippen molar-refractivity contribution in [1.29, 1.82) is 0 Å². The minimum Gasteiger partial charge on any atom is -0.212 e. The molecule has 0 aromatic rings. The SMILES string of the molecule is CC(C)S(=O)(=O)N(CCBr)C1CCCCC1. The van der Waals surface area contributed by atoms with Gasteiger partial charge in [0.05, 0.1) is 5.25 Å². The zero-order chi connectivity index (χ0) is 12.2. The van der Waals surface area contributed by atoms with Gasteiger partial charge in [-0.3, -0.25) is 0 Å². The van der Waals surface area contributed by atoms with Crippen molar-refractivity contribution in [2.45, 2.75) is 57.2 Å². The van der Waals surface area contributed by atoms with Crippen LogP contribution < -0.4 is 0 Å². The number of alkyl halides is 1. The van der Waals surface area contributed by atoms with Crippen molar-refractivity contribution in [3.63, 3.8) is 0 Å². The molecule has 96 valence electrons. The van der Waals surface area contributed by atoms with Crippen molar-refractivity contribution in [2.24, 2.45) is 0 Å². The summed E-state index contributed by atoms with van der Waals surface area (Å²) in [4.78, 5) is 0. The number of nitrogens with zero attached hydrogens (tertiary/aromatic N) is 1. The van der Waals surface area contributed by atoms with Gasteiger partial charge in [0.25, 0.3) is 0 Å². The highest BCUT2D eigenvalue weighted by Gasteiger charge is 2.32. The molecule has 1 aliphatic carbocycles. The van der Waals surface area contributed by atoms with Crippen LogP contribution in [0.5, 0.6) is 0 Å². The molecule has 1 rings (SSSR count). The summed E-state index contributed by atoms with van der Waals surface area (Å²) in [7, 11) is -3.10. The fraction of sp³-hybridized carbons (Fsp3) is 1.00. The fourth-order valence-electron chi connectivity index (χ4n) is 2.24. The van der Waals surface area contributed by atoms with Gasteiger partial charge in [-0.1, -0.05) is 35.2 Å². The first-order chi connectivity index (χ1) is 7.50. The van der Waals surface area contributed by atoms with Crippen LogP contribution in [0.25, 0.3) is 0 Å². The molecule has 0 aromatic carbocycles. The molecular formula is C11H22BrNO2S. The van der Waals surface area contributed by atoms with E-state index in [1.807, 2.05) is 0 Å². The second kappa shape index (κ2) is 6.36. The molecule has 0 N–H and O–H groups in total. The highest BCUT2D eigenvalue weighted by Crippen LogP contribution is 2.26. The van der Waals surface area contributed by atoms with Gasteiger partial charge in [0.15, 0.2) is 0 Å². The van der Waals surface area contributed by atoms with Crippen molar-refractivity contribution < 1.29 is 8.42 Å². The van der Waals surface area contributed by atoms with Gasteiger partial charge in [-0.15, -0.1) is 0 Å². The van der Waals surface area contributed by atoms with Crippen LogP contribution in [0.2, 0.25) is 0 Å². The quantitative estimate of drug-likeness (QED) is 0.732. The molecule has 0 unspecified atom stereocenters. The molecule has 5 heteroatoms. The molecule has 16 heavy (non-hydrogen) atoms. The van der Waals surface area contributed by atoms with E-state index in [-0.39, 0.29) is 11.3 Å². The van der Waals surface area contributed by atoms with Crippen LogP contribution in [0.4, 0.5) is 0 Å². The molecule has 0 atom stereocenters. The smallest absolute Gasteiger partial charge is 0.212 e. The zero-order valence-electron chi connectivity index (χ0n) is 10.2. The molecule has 1 fully saturated rings. The maximum atomic E-state index is 12.2. The van der Waals surface area contributed by atoms with E-state index in [0.29, 0.717) is 6.54 Å². The minimum atomic E-state index is -3.10. The van der Waals surface area contributed by atoms with E-state index in [1.54, 1.807) is 18.2 Å². The molecule has 0 bridgehead atoms. The van der Waals surface area contributed by atoms with Gasteiger partial charge >= 0.3 is 0 Å². The molecule has 3 nitrogen and oxygen atoms in total. The number of hydrogen-bond donors (Lipinski definition) is 0. The molecule has 1 saturated carbocycles. The van der Waals surface area contributed by atoms with Gasteiger partial charge in [-0.2, -0.15) is 4.31 Å². The summed E-state index contributed by atoms with van der Waals surface area (Å²) in [5.41, 5.74) is 0. The van der Waals surface area contributed by atoms with E-state index >= 15 is 0 Å².